The largest absolute Gasteiger partial charge is 0.380 e. The van der Waals surface area contributed by atoms with Crippen molar-refractivity contribution in [3.05, 3.63) is 0 Å². The van der Waals surface area contributed by atoms with E-state index in [-0.39, 0.29) is 5.41 Å². The van der Waals surface area contributed by atoms with Crippen LogP contribution >= 0.6 is 0 Å². The minimum Gasteiger partial charge on any atom is -0.380 e. The van der Waals surface area contributed by atoms with E-state index in [2.05, 4.69) is 23.8 Å². The number of nitrogens with zero attached hydrogens (tertiary/aromatic N) is 2. The van der Waals surface area contributed by atoms with Crippen LogP contribution in [0.3, 0.4) is 0 Å². The summed E-state index contributed by atoms with van der Waals surface area (Å²) in [5, 5.41) is 0. The molecule has 2 fully saturated rings. The normalized spacial score (nSPS) is 37.8. The number of piperazine rings is 1. The molecule has 0 amide bonds. The van der Waals surface area contributed by atoms with Crippen molar-refractivity contribution < 1.29 is 9.53 Å². The first-order chi connectivity index (χ1) is 7.65. The molecule has 2 atom stereocenters. The van der Waals surface area contributed by atoms with Gasteiger partial charge in [-0.3, -0.25) is 4.90 Å². The molecule has 16 heavy (non-hydrogen) atoms. The van der Waals surface area contributed by atoms with Crippen LogP contribution in [0.5, 0.6) is 0 Å². The average molecular weight is 226 g/mol. The second-order valence-corrected chi connectivity index (χ2v) is 5.36. The van der Waals surface area contributed by atoms with Gasteiger partial charge in [-0.15, -0.1) is 0 Å². The Kier molecular flexibility index (Phi) is 3.62. The van der Waals surface area contributed by atoms with Gasteiger partial charge in [0.2, 0.25) is 0 Å². The molecular formula is C12H22N2O2. The van der Waals surface area contributed by atoms with Gasteiger partial charge < -0.3 is 14.4 Å². The summed E-state index contributed by atoms with van der Waals surface area (Å²) in [4.78, 5) is 16.0. The highest BCUT2D eigenvalue weighted by Crippen LogP contribution is 2.28. The molecule has 2 unspecified atom stereocenters. The number of rotatable bonds is 3. The molecule has 2 saturated heterocycles. The van der Waals surface area contributed by atoms with Crippen molar-refractivity contribution in [3.63, 3.8) is 0 Å². The molecule has 0 aliphatic carbocycles. The molecule has 2 heterocycles. The zero-order valence-corrected chi connectivity index (χ0v) is 10.3. The van der Waals surface area contributed by atoms with Gasteiger partial charge in [-0.25, -0.2) is 0 Å². The second kappa shape index (κ2) is 4.82. The Labute approximate surface area is 97.5 Å². The molecule has 92 valence electrons. The molecule has 0 aromatic carbocycles. The number of aldehydes is 1. The molecule has 2 aliphatic rings. The van der Waals surface area contributed by atoms with Gasteiger partial charge in [0.15, 0.2) is 0 Å². The van der Waals surface area contributed by atoms with Crippen LogP contribution in [-0.2, 0) is 9.53 Å². The summed E-state index contributed by atoms with van der Waals surface area (Å²) in [6.07, 6.45) is 2.00. The number of ether oxygens (including phenoxy) is 1. The Balaban J connectivity index is 1.95. The van der Waals surface area contributed by atoms with Gasteiger partial charge in [0, 0.05) is 38.8 Å². The molecule has 2 rings (SSSR count). The lowest BCUT2D eigenvalue weighted by Crippen LogP contribution is -2.54. The van der Waals surface area contributed by atoms with Crippen LogP contribution in [0.15, 0.2) is 0 Å². The summed E-state index contributed by atoms with van der Waals surface area (Å²) < 4.78 is 5.38. The lowest BCUT2D eigenvalue weighted by molar-refractivity contribution is -0.118. The SMILES string of the molecule is CC1CN(C)CCN1CC1(C=O)CCOC1. The van der Waals surface area contributed by atoms with Gasteiger partial charge in [-0.1, -0.05) is 0 Å². The van der Waals surface area contributed by atoms with Crippen LogP contribution in [0, 0.1) is 5.41 Å². The van der Waals surface area contributed by atoms with E-state index in [9.17, 15) is 4.79 Å². The number of hydrogen-bond acceptors (Lipinski definition) is 4. The van der Waals surface area contributed by atoms with Crippen LogP contribution < -0.4 is 0 Å². The molecule has 4 nitrogen and oxygen atoms in total. The molecule has 4 heteroatoms. The summed E-state index contributed by atoms with van der Waals surface area (Å²) in [5.74, 6) is 0. The quantitative estimate of drug-likeness (QED) is 0.645. The Morgan fingerprint density at radius 2 is 2.31 bits per heavy atom. The van der Waals surface area contributed by atoms with E-state index >= 15 is 0 Å². The van der Waals surface area contributed by atoms with Gasteiger partial charge in [-0.2, -0.15) is 0 Å². The van der Waals surface area contributed by atoms with E-state index in [0.717, 1.165) is 45.5 Å². The van der Waals surface area contributed by atoms with E-state index in [1.165, 1.54) is 0 Å². The van der Waals surface area contributed by atoms with Crippen molar-refractivity contribution >= 4 is 6.29 Å². The Bertz CT molecular complexity index is 251. The number of carbonyl (C=O) groups is 1. The maximum absolute atomic E-state index is 11.3. The summed E-state index contributed by atoms with van der Waals surface area (Å²) in [6.45, 7) is 7.70. The highest BCUT2D eigenvalue weighted by atomic mass is 16.5. The predicted molar refractivity (Wildman–Crippen MR) is 62.5 cm³/mol. The van der Waals surface area contributed by atoms with E-state index in [1.807, 2.05) is 0 Å². The first-order valence-electron chi connectivity index (χ1n) is 6.12. The molecule has 0 saturated carbocycles. The van der Waals surface area contributed by atoms with E-state index in [0.29, 0.717) is 12.6 Å². The summed E-state index contributed by atoms with van der Waals surface area (Å²) in [7, 11) is 2.15. The van der Waals surface area contributed by atoms with Crippen molar-refractivity contribution in [1.29, 1.82) is 0 Å². The number of carbonyl (C=O) groups excluding carboxylic acids is 1. The fourth-order valence-electron chi connectivity index (χ4n) is 2.69. The molecule has 0 spiro atoms. The van der Waals surface area contributed by atoms with Crippen LogP contribution in [0.4, 0.5) is 0 Å². The smallest absolute Gasteiger partial charge is 0.129 e. The third-order valence-electron chi connectivity index (χ3n) is 3.87. The van der Waals surface area contributed by atoms with Crippen LogP contribution in [0.2, 0.25) is 0 Å². The van der Waals surface area contributed by atoms with Gasteiger partial charge in [0.05, 0.1) is 12.0 Å². The first kappa shape index (κ1) is 12.0. The summed E-state index contributed by atoms with van der Waals surface area (Å²) in [5.41, 5.74) is -0.232. The molecule has 0 aromatic heterocycles. The van der Waals surface area contributed by atoms with E-state index in [4.69, 9.17) is 4.74 Å². The van der Waals surface area contributed by atoms with Gasteiger partial charge in [0.25, 0.3) is 0 Å². The van der Waals surface area contributed by atoms with Crippen molar-refractivity contribution in [2.75, 3.05) is 46.4 Å². The topological polar surface area (TPSA) is 32.8 Å². The third-order valence-corrected chi connectivity index (χ3v) is 3.87. The molecular weight excluding hydrogens is 204 g/mol. The van der Waals surface area contributed by atoms with E-state index < -0.39 is 0 Å². The van der Waals surface area contributed by atoms with Gasteiger partial charge >= 0.3 is 0 Å². The zero-order chi connectivity index (χ0) is 11.6. The number of hydrogen-bond donors (Lipinski definition) is 0. The number of likely N-dealkylation sites (N-methyl/N-ethyl adjacent to an activating group) is 1. The third kappa shape index (κ3) is 2.44. The second-order valence-electron chi connectivity index (χ2n) is 5.36. The molecule has 0 N–H and O–H groups in total. The van der Waals surface area contributed by atoms with Crippen molar-refractivity contribution in [2.45, 2.75) is 19.4 Å². The molecule has 0 bridgehead atoms. The fourth-order valence-corrected chi connectivity index (χ4v) is 2.69. The summed E-state index contributed by atoms with van der Waals surface area (Å²) >= 11 is 0. The molecule has 0 aromatic rings. The highest BCUT2D eigenvalue weighted by molar-refractivity contribution is 5.60. The fraction of sp³-hybridized carbons (Fsp3) is 0.917. The monoisotopic (exact) mass is 226 g/mol. The lowest BCUT2D eigenvalue weighted by atomic mass is 9.88. The first-order valence-corrected chi connectivity index (χ1v) is 6.12. The van der Waals surface area contributed by atoms with Crippen LogP contribution in [0.25, 0.3) is 0 Å². The standard InChI is InChI=1S/C12H22N2O2/c1-11-7-13(2)4-5-14(11)8-12(9-15)3-6-16-10-12/h9,11H,3-8,10H2,1-2H3. The Morgan fingerprint density at radius 1 is 1.50 bits per heavy atom. The molecule has 2 aliphatic heterocycles. The highest BCUT2D eigenvalue weighted by Gasteiger charge is 2.38. The van der Waals surface area contributed by atoms with Crippen LogP contribution in [0.1, 0.15) is 13.3 Å². The maximum atomic E-state index is 11.3. The Morgan fingerprint density at radius 3 is 2.88 bits per heavy atom. The van der Waals surface area contributed by atoms with Crippen molar-refractivity contribution in [2.24, 2.45) is 5.41 Å². The van der Waals surface area contributed by atoms with Crippen molar-refractivity contribution in [3.8, 4) is 0 Å². The average Bonchev–Trinajstić information content (AvgIpc) is 2.72. The van der Waals surface area contributed by atoms with Gasteiger partial charge in [0.1, 0.15) is 6.29 Å². The zero-order valence-electron chi connectivity index (χ0n) is 10.3. The van der Waals surface area contributed by atoms with Crippen molar-refractivity contribution in [1.82, 2.24) is 9.80 Å². The maximum Gasteiger partial charge on any atom is 0.129 e. The van der Waals surface area contributed by atoms with Crippen LogP contribution in [-0.4, -0.2) is 68.6 Å². The molecule has 0 radical (unpaired) electrons. The minimum absolute atomic E-state index is 0.232. The van der Waals surface area contributed by atoms with E-state index in [1.54, 1.807) is 0 Å². The van der Waals surface area contributed by atoms with Gasteiger partial charge in [-0.05, 0) is 20.4 Å². The minimum atomic E-state index is -0.232. The Hall–Kier alpha value is -0.450. The predicted octanol–water partition coefficient (Wildman–Crippen LogP) is 0.228. The lowest BCUT2D eigenvalue weighted by Gasteiger charge is -2.41. The summed E-state index contributed by atoms with van der Waals surface area (Å²) in [6, 6.07) is 0.538.